The maximum absolute atomic E-state index is 12.3. The Kier molecular flexibility index (Phi) is 3.56. The lowest BCUT2D eigenvalue weighted by atomic mass is 9.88. The van der Waals surface area contributed by atoms with E-state index in [2.05, 4.69) is 15.4 Å². The molecule has 3 atom stereocenters. The molecule has 0 radical (unpaired) electrons. The van der Waals surface area contributed by atoms with Crippen molar-refractivity contribution in [1.82, 2.24) is 14.9 Å². The summed E-state index contributed by atoms with van der Waals surface area (Å²) in [6.45, 7) is 0.832. The van der Waals surface area contributed by atoms with Crippen LogP contribution in [0.2, 0.25) is 0 Å². The highest BCUT2D eigenvalue weighted by Gasteiger charge is 2.40. The Morgan fingerprint density at radius 2 is 2.25 bits per heavy atom. The summed E-state index contributed by atoms with van der Waals surface area (Å²) in [6.07, 6.45) is 8.31. The molecule has 2 aliphatic carbocycles. The van der Waals surface area contributed by atoms with Gasteiger partial charge in [-0.2, -0.15) is 0 Å². The highest BCUT2D eigenvalue weighted by molar-refractivity contribution is 5.91. The van der Waals surface area contributed by atoms with Crippen LogP contribution >= 0.6 is 0 Å². The van der Waals surface area contributed by atoms with Crippen LogP contribution in [0.15, 0.2) is 12.4 Å². The number of anilines is 1. The quantitative estimate of drug-likeness (QED) is 0.638. The van der Waals surface area contributed by atoms with Gasteiger partial charge in [-0.1, -0.05) is 6.42 Å². The van der Waals surface area contributed by atoms with Gasteiger partial charge in [-0.05, 0) is 37.0 Å². The lowest BCUT2D eigenvalue weighted by molar-refractivity contribution is 0.0748. The number of nitrogen functional groups attached to an aromatic ring is 1. The van der Waals surface area contributed by atoms with E-state index in [1.54, 1.807) is 4.90 Å². The number of hydrogen-bond acceptors (Lipinski definition) is 5. The Hall–Kier alpha value is -1.69. The molecule has 2 fully saturated rings. The SMILES string of the molecule is CN(CC1CC2CCC1C2)C(=O)c1cnc(NN)cn1. The first kappa shape index (κ1) is 13.3. The van der Waals surface area contributed by atoms with Crippen molar-refractivity contribution < 1.29 is 4.79 Å². The van der Waals surface area contributed by atoms with Gasteiger partial charge in [0.05, 0.1) is 12.4 Å². The minimum absolute atomic E-state index is 0.0659. The van der Waals surface area contributed by atoms with Crippen LogP contribution in [0.3, 0.4) is 0 Å². The highest BCUT2D eigenvalue weighted by atomic mass is 16.2. The second-order valence-electron chi connectivity index (χ2n) is 6.05. The van der Waals surface area contributed by atoms with E-state index in [1.807, 2.05) is 7.05 Å². The summed E-state index contributed by atoms with van der Waals surface area (Å²) in [6, 6.07) is 0. The van der Waals surface area contributed by atoms with E-state index in [0.717, 1.165) is 18.4 Å². The second kappa shape index (κ2) is 5.36. The molecule has 108 valence electrons. The first-order chi connectivity index (χ1) is 9.67. The summed E-state index contributed by atoms with van der Waals surface area (Å²) in [5.74, 6) is 8.02. The topological polar surface area (TPSA) is 84.1 Å². The van der Waals surface area contributed by atoms with Gasteiger partial charge in [0.15, 0.2) is 5.82 Å². The molecular weight excluding hydrogens is 254 g/mol. The largest absolute Gasteiger partial charge is 0.340 e. The third-order valence-corrected chi connectivity index (χ3v) is 4.76. The zero-order valence-corrected chi connectivity index (χ0v) is 11.7. The van der Waals surface area contributed by atoms with Crippen molar-refractivity contribution in [3.63, 3.8) is 0 Å². The zero-order chi connectivity index (χ0) is 14.1. The first-order valence-corrected chi connectivity index (χ1v) is 7.21. The monoisotopic (exact) mass is 275 g/mol. The van der Waals surface area contributed by atoms with E-state index >= 15 is 0 Å². The molecular formula is C14H21N5O. The number of hydrazine groups is 1. The second-order valence-corrected chi connectivity index (χ2v) is 6.05. The summed E-state index contributed by atoms with van der Waals surface area (Å²) in [4.78, 5) is 22.2. The summed E-state index contributed by atoms with van der Waals surface area (Å²) in [5, 5.41) is 0. The molecule has 1 heterocycles. The lowest BCUT2D eigenvalue weighted by Gasteiger charge is -2.27. The fraction of sp³-hybridized carbons (Fsp3) is 0.643. The van der Waals surface area contributed by atoms with E-state index in [1.165, 1.54) is 38.1 Å². The summed E-state index contributed by atoms with van der Waals surface area (Å²) >= 11 is 0. The third kappa shape index (κ3) is 2.47. The predicted molar refractivity (Wildman–Crippen MR) is 75.7 cm³/mol. The van der Waals surface area contributed by atoms with Crippen molar-refractivity contribution in [3.8, 4) is 0 Å². The number of carbonyl (C=O) groups is 1. The highest BCUT2D eigenvalue weighted by Crippen LogP contribution is 2.48. The van der Waals surface area contributed by atoms with Crippen molar-refractivity contribution in [3.05, 3.63) is 18.1 Å². The van der Waals surface area contributed by atoms with E-state index in [4.69, 9.17) is 5.84 Å². The molecule has 0 aromatic carbocycles. The van der Waals surface area contributed by atoms with E-state index < -0.39 is 0 Å². The van der Waals surface area contributed by atoms with Gasteiger partial charge in [0.2, 0.25) is 0 Å². The molecule has 0 saturated heterocycles. The molecule has 3 rings (SSSR count). The van der Waals surface area contributed by atoms with Gasteiger partial charge in [-0.15, -0.1) is 0 Å². The van der Waals surface area contributed by atoms with Crippen molar-refractivity contribution >= 4 is 11.7 Å². The number of nitrogens with zero attached hydrogens (tertiary/aromatic N) is 3. The molecule has 1 aromatic rings. The van der Waals surface area contributed by atoms with Crippen LogP contribution in [0.1, 0.15) is 36.2 Å². The van der Waals surface area contributed by atoms with Crippen LogP contribution < -0.4 is 11.3 Å². The van der Waals surface area contributed by atoms with Gasteiger partial charge >= 0.3 is 0 Å². The van der Waals surface area contributed by atoms with Crippen molar-refractivity contribution in [2.24, 2.45) is 23.6 Å². The molecule has 3 N–H and O–H groups in total. The Bertz CT molecular complexity index is 489. The number of amides is 1. The number of carbonyl (C=O) groups excluding carboxylic acids is 1. The fourth-order valence-electron chi connectivity index (χ4n) is 3.74. The van der Waals surface area contributed by atoms with E-state index in [-0.39, 0.29) is 5.91 Å². The average Bonchev–Trinajstić information content (AvgIpc) is 3.09. The van der Waals surface area contributed by atoms with Gasteiger partial charge in [-0.25, -0.2) is 15.8 Å². The molecule has 1 amide bonds. The van der Waals surface area contributed by atoms with Gasteiger partial charge in [0, 0.05) is 13.6 Å². The van der Waals surface area contributed by atoms with Gasteiger partial charge in [0.25, 0.3) is 5.91 Å². The van der Waals surface area contributed by atoms with E-state index in [0.29, 0.717) is 17.4 Å². The van der Waals surface area contributed by atoms with Crippen LogP contribution in [0, 0.1) is 17.8 Å². The third-order valence-electron chi connectivity index (χ3n) is 4.76. The van der Waals surface area contributed by atoms with Crippen molar-refractivity contribution in [1.29, 1.82) is 0 Å². The van der Waals surface area contributed by atoms with Crippen LogP contribution in [0.4, 0.5) is 5.82 Å². The molecule has 2 bridgehead atoms. The number of aromatic nitrogens is 2. The van der Waals surface area contributed by atoms with Crippen LogP contribution in [-0.4, -0.2) is 34.4 Å². The minimum atomic E-state index is -0.0659. The molecule has 6 heteroatoms. The Morgan fingerprint density at radius 1 is 1.40 bits per heavy atom. The van der Waals surface area contributed by atoms with Crippen LogP contribution in [0.5, 0.6) is 0 Å². The fourth-order valence-corrected chi connectivity index (χ4v) is 3.74. The molecule has 0 aliphatic heterocycles. The molecule has 6 nitrogen and oxygen atoms in total. The summed E-state index contributed by atoms with van der Waals surface area (Å²) in [5.41, 5.74) is 2.77. The molecule has 3 unspecified atom stereocenters. The molecule has 0 spiro atoms. The first-order valence-electron chi connectivity index (χ1n) is 7.21. The average molecular weight is 275 g/mol. The predicted octanol–water partition coefficient (Wildman–Crippen LogP) is 1.27. The lowest BCUT2D eigenvalue weighted by Crippen LogP contribution is -2.34. The zero-order valence-electron chi connectivity index (χ0n) is 11.7. The Labute approximate surface area is 118 Å². The minimum Gasteiger partial charge on any atom is -0.340 e. The summed E-state index contributed by atoms with van der Waals surface area (Å²) in [7, 11) is 1.85. The Balaban J connectivity index is 1.61. The number of nitrogens with one attached hydrogen (secondary N) is 1. The van der Waals surface area contributed by atoms with Gasteiger partial charge < -0.3 is 10.3 Å². The molecule has 20 heavy (non-hydrogen) atoms. The maximum Gasteiger partial charge on any atom is 0.273 e. The van der Waals surface area contributed by atoms with Crippen LogP contribution in [0.25, 0.3) is 0 Å². The summed E-state index contributed by atoms with van der Waals surface area (Å²) < 4.78 is 0. The number of nitrogens with two attached hydrogens (primary N) is 1. The van der Waals surface area contributed by atoms with Gasteiger partial charge in [0.1, 0.15) is 5.69 Å². The molecule has 2 saturated carbocycles. The Morgan fingerprint density at radius 3 is 2.80 bits per heavy atom. The number of fused-ring (bicyclic) bond motifs is 2. The normalized spacial score (nSPS) is 27.6. The van der Waals surface area contributed by atoms with Gasteiger partial charge in [-0.3, -0.25) is 4.79 Å². The standard InChI is InChI=1S/C14H21N5O/c1-19(8-11-5-9-2-3-10(11)4-9)14(20)12-6-17-13(18-15)7-16-12/h6-7,9-11H,2-5,8,15H2,1H3,(H,17,18). The number of hydrogen-bond donors (Lipinski definition) is 2. The molecule has 1 aromatic heterocycles. The maximum atomic E-state index is 12.3. The van der Waals surface area contributed by atoms with E-state index in [9.17, 15) is 4.79 Å². The smallest absolute Gasteiger partial charge is 0.273 e. The number of rotatable bonds is 4. The molecule has 2 aliphatic rings. The van der Waals surface area contributed by atoms with Crippen LogP contribution in [-0.2, 0) is 0 Å². The van der Waals surface area contributed by atoms with Crippen molar-refractivity contribution in [2.75, 3.05) is 19.0 Å². The van der Waals surface area contributed by atoms with Crippen molar-refractivity contribution in [2.45, 2.75) is 25.7 Å².